The number of hydrogen-bond donors (Lipinski definition) is 2. The number of nitrogens with zero attached hydrogens (tertiary/aromatic N) is 2. The average molecular weight is 198 g/mol. The number of nitrogens with two attached hydrogens (primary N) is 2. The van der Waals surface area contributed by atoms with Crippen molar-refractivity contribution in [3.8, 4) is 6.07 Å². The van der Waals surface area contributed by atoms with Gasteiger partial charge in [0.1, 0.15) is 0 Å². The lowest BCUT2D eigenvalue weighted by atomic mass is 10.3. The molecule has 0 radical (unpaired) electrons. The van der Waals surface area contributed by atoms with Gasteiger partial charge in [-0.3, -0.25) is 4.79 Å². The van der Waals surface area contributed by atoms with E-state index < -0.39 is 23.8 Å². The van der Waals surface area contributed by atoms with Crippen LogP contribution in [0.25, 0.3) is 0 Å². The first kappa shape index (κ1) is 11.9. The third kappa shape index (κ3) is 3.53. The van der Waals surface area contributed by atoms with Gasteiger partial charge >= 0.3 is 5.97 Å². The molecule has 1 amide bonds. The summed E-state index contributed by atoms with van der Waals surface area (Å²) < 4.78 is 4.47. The number of primary amides is 1. The molecule has 0 aliphatic carbocycles. The Bertz CT molecular complexity index is 305. The Labute approximate surface area is 80.3 Å². The van der Waals surface area contributed by atoms with E-state index in [2.05, 4.69) is 9.73 Å². The van der Waals surface area contributed by atoms with Crippen LogP contribution in [0.3, 0.4) is 0 Å². The number of hydrogen-bond acceptors (Lipinski definition) is 5. The van der Waals surface area contributed by atoms with Crippen molar-refractivity contribution in [2.45, 2.75) is 13.0 Å². The molecular formula is C7H10N4O3. The van der Waals surface area contributed by atoms with Crippen molar-refractivity contribution in [3.63, 3.8) is 0 Å². The summed E-state index contributed by atoms with van der Waals surface area (Å²) in [6.45, 7) is 1.71. The highest BCUT2D eigenvalue weighted by Crippen LogP contribution is 1.89. The lowest BCUT2D eigenvalue weighted by molar-refractivity contribution is -0.135. The number of ether oxygens (including phenoxy) is 1. The van der Waals surface area contributed by atoms with Gasteiger partial charge in [-0.05, 0) is 6.92 Å². The van der Waals surface area contributed by atoms with Crippen molar-refractivity contribution >= 4 is 17.7 Å². The van der Waals surface area contributed by atoms with Crippen LogP contribution in [0.1, 0.15) is 6.92 Å². The van der Waals surface area contributed by atoms with E-state index in [-0.39, 0.29) is 6.61 Å². The van der Waals surface area contributed by atoms with E-state index >= 15 is 0 Å². The van der Waals surface area contributed by atoms with Crippen molar-refractivity contribution in [2.24, 2.45) is 16.5 Å². The Kier molecular flexibility index (Phi) is 4.70. The van der Waals surface area contributed by atoms with Gasteiger partial charge in [0.25, 0.3) is 5.91 Å². The molecule has 0 rings (SSSR count). The molecule has 0 aliphatic rings. The SMILES string of the molecule is CCOC(=O)C(N)=NC(C#N)C(N)=O. The van der Waals surface area contributed by atoms with Crippen LogP contribution in [-0.2, 0) is 14.3 Å². The van der Waals surface area contributed by atoms with Crippen LogP contribution in [0.5, 0.6) is 0 Å². The Morgan fingerprint density at radius 2 is 2.14 bits per heavy atom. The van der Waals surface area contributed by atoms with Gasteiger partial charge in [0.2, 0.25) is 11.9 Å². The smallest absolute Gasteiger partial charge is 0.373 e. The van der Waals surface area contributed by atoms with Crippen LogP contribution in [0.15, 0.2) is 4.99 Å². The maximum Gasteiger partial charge on any atom is 0.373 e. The molecule has 0 aliphatic heterocycles. The molecule has 1 atom stereocenters. The molecule has 0 heterocycles. The third-order valence-electron chi connectivity index (χ3n) is 1.14. The summed E-state index contributed by atoms with van der Waals surface area (Å²) in [5, 5.41) is 8.39. The Morgan fingerprint density at radius 1 is 1.57 bits per heavy atom. The number of amidine groups is 1. The molecular weight excluding hydrogens is 188 g/mol. The third-order valence-corrected chi connectivity index (χ3v) is 1.14. The van der Waals surface area contributed by atoms with Gasteiger partial charge in [-0.15, -0.1) is 0 Å². The van der Waals surface area contributed by atoms with E-state index in [0.717, 1.165) is 0 Å². The first-order valence-electron chi connectivity index (χ1n) is 3.72. The molecule has 76 valence electrons. The summed E-state index contributed by atoms with van der Waals surface area (Å²) in [6.07, 6.45) is 0. The molecule has 14 heavy (non-hydrogen) atoms. The van der Waals surface area contributed by atoms with Crippen LogP contribution < -0.4 is 11.5 Å². The van der Waals surface area contributed by atoms with Gasteiger partial charge in [-0.1, -0.05) is 0 Å². The summed E-state index contributed by atoms with van der Waals surface area (Å²) in [5.74, 6) is -2.40. The normalized spacial score (nSPS) is 12.7. The van der Waals surface area contributed by atoms with Gasteiger partial charge in [0.15, 0.2) is 0 Å². The van der Waals surface area contributed by atoms with Gasteiger partial charge in [0, 0.05) is 0 Å². The van der Waals surface area contributed by atoms with Crippen molar-refractivity contribution in [1.82, 2.24) is 0 Å². The number of amides is 1. The zero-order chi connectivity index (χ0) is 11.1. The quantitative estimate of drug-likeness (QED) is 0.316. The predicted molar refractivity (Wildman–Crippen MR) is 46.9 cm³/mol. The molecule has 0 saturated heterocycles. The Hall–Kier alpha value is -2.10. The molecule has 0 aromatic heterocycles. The number of aliphatic imine (C=N–C) groups is 1. The largest absolute Gasteiger partial charge is 0.460 e. The first-order chi connectivity index (χ1) is 6.52. The van der Waals surface area contributed by atoms with Gasteiger partial charge in [-0.2, -0.15) is 5.26 Å². The van der Waals surface area contributed by atoms with E-state index in [4.69, 9.17) is 16.7 Å². The fourth-order valence-corrected chi connectivity index (χ4v) is 0.553. The maximum absolute atomic E-state index is 10.9. The second-order valence-electron chi connectivity index (χ2n) is 2.17. The van der Waals surface area contributed by atoms with Crippen LogP contribution in [0.4, 0.5) is 0 Å². The highest BCUT2D eigenvalue weighted by Gasteiger charge is 2.16. The first-order valence-corrected chi connectivity index (χ1v) is 3.72. The number of rotatable bonds is 3. The monoisotopic (exact) mass is 198 g/mol. The van der Waals surface area contributed by atoms with Gasteiger partial charge < -0.3 is 16.2 Å². The van der Waals surface area contributed by atoms with Crippen molar-refractivity contribution < 1.29 is 14.3 Å². The average Bonchev–Trinajstić information content (AvgIpc) is 2.13. The van der Waals surface area contributed by atoms with Gasteiger partial charge in [0.05, 0.1) is 12.7 Å². The minimum absolute atomic E-state index is 0.128. The lowest BCUT2D eigenvalue weighted by Crippen LogP contribution is -2.32. The van der Waals surface area contributed by atoms with Crippen LogP contribution in [-0.4, -0.2) is 30.4 Å². The fourth-order valence-electron chi connectivity index (χ4n) is 0.553. The molecule has 0 aromatic rings. The standard InChI is InChI=1S/C7H10N4O3/c1-2-14-7(13)5(9)11-4(3-8)6(10)12/h4H,2H2,1H3,(H2,9,11)(H2,10,12). The molecule has 0 spiro atoms. The van der Waals surface area contributed by atoms with Crippen LogP contribution in [0.2, 0.25) is 0 Å². The minimum atomic E-state index is -1.46. The highest BCUT2D eigenvalue weighted by molar-refractivity contribution is 6.35. The van der Waals surface area contributed by atoms with Crippen LogP contribution >= 0.6 is 0 Å². The topological polar surface area (TPSA) is 132 Å². The number of carbonyl (C=O) groups is 2. The molecule has 4 N–H and O–H groups in total. The van der Waals surface area contributed by atoms with Crippen molar-refractivity contribution in [3.05, 3.63) is 0 Å². The number of esters is 1. The number of carbonyl (C=O) groups excluding carboxylic acids is 2. The lowest BCUT2D eigenvalue weighted by Gasteiger charge is -2.02. The molecule has 7 nitrogen and oxygen atoms in total. The number of nitriles is 1. The zero-order valence-corrected chi connectivity index (χ0v) is 7.56. The summed E-state index contributed by atoms with van der Waals surface area (Å²) in [5.41, 5.74) is 9.93. The van der Waals surface area contributed by atoms with E-state index in [1.807, 2.05) is 0 Å². The molecule has 1 unspecified atom stereocenters. The van der Waals surface area contributed by atoms with Crippen LogP contribution in [0, 0.1) is 11.3 Å². The molecule has 0 saturated carbocycles. The van der Waals surface area contributed by atoms with E-state index in [9.17, 15) is 9.59 Å². The second-order valence-corrected chi connectivity index (χ2v) is 2.17. The van der Waals surface area contributed by atoms with Gasteiger partial charge in [-0.25, -0.2) is 9.79 Å². The van der Waals surface area contributed by atoms with Crippen molar-refractivity contribution in [2.75, 3.05) is 6.61 Å². The van der Waals surface area contributed by atoms with E-state index in [0.29, 0.717) is 0 Å². The molecule has 0 bridgehead atoms. The predicted octanol–water partition coefficient (Wildman–Crippen LogP) is -1.72. The Balaban J connectivity index is 4.57. The fraction of sp³-hybridized carbons (Fsp3) is 0.429. The highest BCUT2D eigenvalue weighted by atomic mass is 16.5. The summed E-state index contributed by atoms with van der Waals surface area (Å²) >= 11 is 0. The second kappa shape index (κ2) is 5.53. The summed E-state index contributed by atoms with van der Waals surface area (Å²) in [6, 6.07) is 0.0207. The maximum atomic E-state index is 10.9. The molecule has 0 fully saturated rings. The van der Waals surface area contributed by atoms with E-state index in [1.165, 1.54) is 6.07 Å². The molecule has 7 heteroatoms. The zero-order valence-electron chi connectivity index (χ0n) is 7.56. The molecule has 0 aromatic carbocycles. The minimum Gasteiger partial charge on any atom is -0.460 e. The van der Waals surface area contributed by atoms with Crippen molar-refractivity contribution in [1.29, 1.82) is 5.26 Å². The summed E-state index contributed by atoms with van der Waals surface area (Å²) in [4.78, 5) is 24.7. The Morgan fingerprint density at radius 3 is 2.50 bits per heavy atom. The van der Waals surface area contributed by atoms with E-state index in [1.54, 1.807) is 6.92 Å². The summed E-state index contributed by atoms with van der Waals surface area (Å²) in [7, 11) is 0.